The third kappa shape index (κ3) is 7.36. The largest absolute Gasteiger partial charge is 0.369 e. The van der Waals surface area contributed by atoms with E-state index in [1.165, 1.54) is 52.4 Å². The van der Waals surface area contributed by atoms with Crippen molar-refractivity contribution in [1.82, 2.24) is 28.9 Å². The predicted octanol–water partition coefficient (Wildman–Crippen LogP) is 5.82. The summed E-state index contributed by atoms with van der Waals surface area (Å²) in [6.45, 7) is 10.4. The lowest BCUT2D eigenvalue weighted by Crippen LogP contribution is -2.46. The molecule has 3 aromatic carbocycles. The minimum absolute atomic E-state index is 1.01. The third-order valence-electron chi connectivity index (χ3n) is 11.0. The van der Waals surface area contributed by atoms with Crippen LogP contribution < -0.4 is 29.7 Å². The van der Waals surface area contributed by atoms with E-state index in [1.807, 2.05) is 22.7 Å². The monoisotopic (exact) mass is 752 g/mol. The van der Waals surface area contributed by atoms with Crippen molar-refractivity contribution in [1.29, 1.82) is 0 Å². The quantitative estimate of drug-likeness (QED) is 0.158. The smallest absolute Gasteiger partial charge is 0.201 e. The number of benzene rings is 5. The van der Waals surface area contributed by atoms with Crippen molar-refractivity contribution < 1.29 is 0 Å². The molecule has 9 rings (SSSR count). The molecule has 4 aliphatic heterocycles. The van der Waals surface area contributed by atoms with Crippen molar-refractivity contribution in [3.05, 3.63) is 119 Å². The fourth-order valence-electron chi connectivity index (χ4n) is 7.75. The summed E-state index contributed by atoms with van der Waals surface area (Å²) in [5.74, 6) is 0. The summed E-state index contributed by atoms with van der Waals surface area (Å²) in [6.07, 6.45) is 0. The SMILES string of the molecule is C[N+](C)=c1ccc2nc3ccc(N4CCN(Cc5ccc(CN6CCN(c7ccc8nc9ccc(=[N+](C)C)cc-9sc8c7)CC6)cc5)CC4)cc3sc-2c1. The van der Waals surface area contributed by atoms with E-state index in [9.17, 15) is 0 Å². The van der Waals surface area contributed by atoms with E-state index in [2.05, 4.69) is 154 Å². The molecule has 2 saturated heterocycles. The molecule has 4 heterocycles. The molecule has 6 aliphatic rings. The lowest BCUT2D eigenvalue weighted by atomic mass is 10.1. The number of rotatable bonds is 6. The van der Waals surface area contributed by atoms with Crippen LogP contribution in [0.15, 0.2) is 97.1 Å². The lowest BCUT2D eigenvalue weighted by molar-refractivity contribution is 0.248. The molecule has 274 valence electrons. The summed E-state index contributed by atoms with van der Waals surface area (Å²) in [6, 6.07) is 36.0. The molecule has 2 fully saturated rings. The van der Waals surface area contributed by atoms with E-state index in [0.29, 0.717) is 0 Å². The van der Waals surface area contributed by atoms with Crippen molar-refractivity contribution in [3.8, 4) is 21.1 Å². The number of nitrogens with zero attached hydrogens (tertiary/aromatic N) is 8. The van der Waals surface area contributed by atoms with Gasteiger partial charge in [0.25, 0.3) is 0 Å². The molecule has 8 nitrogen and oxygen atoms in total. The summed E-state index contributed by atoms with van der Waals surface area (Å²) in [4.78, 5) is 22.6. The van der Waals surface area contributed by atoms with Crippen molar-refractivity contribution in [2.24, 2.45) is 0 Å². The van der Waals surface area contributed by atoms with E-state index in [1.54, 1.807) is 0 Å². The first-order chi connectivity index (χ1) is 26.3. The van der Waals surface area contributed by atoms with E-state index < -0.39 is 0 Å². The number of aromatic nitrogens is 2. The Morgan fingerprint density at radius 2 is 0.889 bits per heavy atom. The standard InChI is InChI=1S/C44H48N8S2/c1-47(2)33-9-13-37-41(25-33)53-43-27-35(11-15-39(43)45-37)51-21-17-49(18-22-51)29-31-5-7-32(8-6-31)30-50-19-23-52(24-20-50)36-12-16-40-44(28-36)54-42-26-34(48(3)4)10-14-38(42)46-40/h5-16,25-28H,17-24,29-30H2,1-4H3/q+2. The molecule has 0 N–H and O–H groups in total. The van der Waals surface area contributed by atoms with Gasteiger partial charge in [0.15, 0.2) is 0 Å². The first kappa shape index (κ1) is 35.0. The summed E-state index contributed by atoms with van der Waals surface area (Å²) < 4.78 is 6.79. The highest BCUT2D eigenvalue weighted by atomic mass is 32.1. The van der Waals surface area contributed by atoms with Gasteiger partial charge in [-0.2, -0.15) is 0 Å². The Bertz CT molecular complexity index is 2350. The van der Waals surface area contributed by atoms with Crippen LogP contribution >= 0.6 is 22.7 Å². The first-order valence-electron chi connectivity index (χ1n) is 19.0. The average Bonchev–Trinajstić information content (AvgIpc) is 3.19. The number of fused-ring (bicyclic) bond motifs is 4. The van der Waals surface area contributed by atoms with E-state index in [-0.39, 0.29) is 0 Å². The second-order valence-corrected chi connectivity index (χ2v) is 17.3. The normalized spacial score (nSPS) is 15.9. The molecule has 0 spiro atoms. The van der Waals surface area contributed by atoms with Crippen molar-refractivity contribution in [2.45, 2.75) is 13.1 Å². The molecule has 10 heteroatoms. The van der Waals surface area contributed by atoms with Crippen molar-refractivity contribution >= 4 is 54.5 Å². The summed E-state index contributed by atoms with van der Waals surface area (Å²) in [5, 5.41) is 2.42. The maximum absolute atomic E-state index is 4.96. The van der Waals surface area contributed by atoms with Crippen LogP contribution in [0.4, 0.5) is 11.4 Å². The zero-order valence-corrected chi connectivity index (χ0v) is 33.3. The minimum Gasteiger partial charge on any atom is -0.369 e. The van der Waals surface area contributed by atoms with E-state index in [0.717, 1.165) is 87.9 Å². The third-order valence-corrected chi connectivity index (χ3v) is 13.2. The molecular formula is C44H48N8S2+2. The van der Waals surface area contributed by atoms with Gasteiger partial charge in [-0.05, 0) is 59.7 Å². The fraction of sp³-hybridized carbons (Fsp3) is 0.318. The lowest BCUT2D eigenvalue weighted by Gasteiger charge is -2.36. The molecule has 0 amide bonds. The molecular weight excluding hydrogens is 705 g/mol. The second kappa shape index (κ2) is 14.8. The molecule has 0 saturated carbocycles. The van der Waals surface area contributed by atoms with Gasteiger partial charge in [-0.1, -0.05) is 24.3 Å². The maximum atomic E-state index is 4.96. The minimum atomic E-state index is 1.01. The molecule has 54 heavy (non-hydrogen) atoms. The maximum Gasteiger partial charge on any atom is 0.201 e. The number of hydrogen-bond donors (Lipinski definition) is 0. The Morgan fingerprint density at radius 1 is 0.481 bits per heavy atom. The fourth-order valence-corrected chi connectivity index (χ4v) is 9.81. The van der Waals surface area contributed by atoms with Crippen LogP contribution in [0.5, 0.6) is 0 Å². The molecule has 3 aromatic rings. The van der Waals surface area contributed by atoms with Crippen LogP contribution in [-0.4, -0.2) is 100 Å². The van der Waals surface area contributed by atoms with Gasteiger partial charge in [0.2, 0.25) is 10.7 Å². The van der Waals surface area contributed by atoms with Crippen molar-refractivity contribution in [2.75, 3.05) is 90.3 Å². The van der Waals surface area contributed by atoms with Crippen LogP contribution in [0.3, 0.4) is 0 Å². The summed E-state index contributed by atoms with van der Waals surface area (Å²) in [5.41, 5.74) is 9.68. The predicted molar refractivity (Wildman–Crippen MR) is 228 cm³/mol. The highest BCUT2D eigenvalue weighted by Crippen LogP contribution is 2.34. The van der Waals surface area contributed by atoms with Crippen LogP contribution in [0.1, 0.15) is 11.1 Å². The zero-order valence-electron chi connectivity index (χ0n) is 31.7. The van der Waals surface area contributed by atoms with E-state index in [4.69, 9.17) is 9.97 Å². The van der Waals surface area contributed by atoms with Gasteiger partial charge in [-0.25, -0.2) is 19.1 Å². The summed E-state index contributed by atoms with van der Waals surface area (Å²) >= 11 is 3.68. The Labute approximate surface area is 325 Å². The van der Waals surface area contributed by atoms with Gasteiger partial charge in [0, 0.05) is 101 Å². The van der Waals surface area contributed by atoms with Gasteiger partial charge in [0.1, 0.15) is 28.2 Å². The average molecular weight is 753 g/mol. The van der Waals surface area contributed by atoms with E-state index >= 15 is 0 Å². The van der Waals surface area contributed by atoms with Gasteiger partial charge in [-0.15, -0.1) is 22.7 Å². The first-order valence-corrected chi connectivity index (χ1v) is 20.7. The Morgan fingerprint density at radius 3 is 1.28 bits per heavy atom. The Kier molecular flexibility index (Phi) is 9.61. The molecule has 0 unspecified atom stereocenters. The van der Waals surface area contributed by atoms with Crippen LogP contribution in [0, 0.1) is 0 Å². The van der Waals surface area contributed by atoms with Gasteiger partial charge >= 0.3 is 0 Å². The van der Waals surface area contributed by atoms with Gasteiger partial charge in [0.05, 0.1) is 41.6 Å². The zero-order chi connectivity index (χ0) is 36.8. The molecule has 0 atom stereocenters. The number of hydrogen-bond acceptors (Lipinski definition) is 8. The molecule has 0 bridgehead atoms. The highest BCUT2D eigenvalue weighted by Gasteiger charge is 2.21. The van der Waals surface area contributed by atoms with Crippen LogP contribution in [-0.2, 0) is 13.1 Å². The van der Waals surface area contributed by atoms with Gasteiger partial charge < -0.3 is 9.80 Å². The molecule has 0 aromatic heterocycles. The van der Waals surface area contributed by atoms with Gasteiger partial charge in [-0.3, -0.25) is 9.80 Å². The Hall–Kier alpha value is -4.74. The number of piperazine rings is 2. The second-order valence-electron chi connectivity index (χ2n) is 15.2. The number of anilines is 2. The Balaban J connectivity index is 0.774. The summed E-state index contributed by atoms with van der Waals surface area (Å²) in [7, 11) is 8.35. The molecule has 2 aliphatic carbocycles. The highest BCUT2D eigenvalue weighted by molar-refractivity contribution is 7.21. The van der Waals surface area contributed by atoms with Crippen molar-refractivity contribution in [3.63, 3.8) is 0 Å². The van der Waals surface area contributed by atoms with Crippen LogP contribution in [0.25, 0.3) is 41.6 Å². The van der Waals surface area contributed by atoms with Crippen LogP contribution in [0.2, 0.25) is 0 Å². The topological polar surface area (TPSA) is 44.8 Å². The molecule has 0 radical (unpaired) electrons.